The summed E-state index contributed by atoms with van der Waals surface area (Å²) in [5.41, 5.74) is 0. The van der Waals surface area contributed by atoms with E-state index in [4.69, 9.17) is 16.3 Å². The number of amides is 1. The second kappa shape index (κ2) is 9.56. The molecule has 134 valence electrons. The first-order chi connectivity index (χ1) is 12.7. The third-order valence-electron chi connectivity index (χ3n) is 3.23. The Morgan fingerprint density at radius 1 is 1.12 bits per heavy atom. The molecule has 0 saturated heterocycles. The van der Waals surface area contributed by atoms with Gasteiger partial charge in [0.05, 0.1) is 0 Å². The summed E-state index contributed by atoms with van der Waals surface area (Å²) in [6.07, 6.45) is 0.412. The molecule has 1 aromatic heterocycles. The number of rotatable bonds is 8. The fourth-order valence-electron chi connectivity index (χ4n) is 2.00. The number of hydrogen-bond donors (Lipinski definition) is 1. The first-order valence-electron chi connectivity index (χ1n) is 7.87. The second-order valence-electron chi connectivity index (χ2n) is 5.20. The van der Waals surface area contributed by atoms with Gasteiger partial charge >= 0.3 is 0 Å². The standard InChI is InChI=1S/C18H16ClN3O2S2/c19-13-6-8-14(9-7-13)24-12-17-21-22-18(26-17)20-16(23)10-11-25-15-4-2-1-3-5-15/h1-9H,10-12H2,(H,20,22,23). The van der Waals surface area contributed by atoms with Gasteiger partial charge in [-0.3, -0.25) is 4.79 Å². The molecule has 3 rings (SSSR count). The van der Waals surface area contributed by atoms with E-state index in [0.717, 1.165) is 4.90 Å². The van der Waals surface area contributed by atoms with Gasteiger partial charge in [0.1, 0.15) is 12.4 Å². The molecule has 0 fully saturated rings. The molecule has 1 heterocycles. The normalized spacial score (nSPS) is 10.5. The zero-order valence-electron chi connectivity index (χ0n) is 13.7. The molecule has 0 aliphatic carbocycles. The number of anilines is 1. The number of nitrogens with zero attached hydrogens (tertiary/aromatic N) is 2. The van der Waals surface area contributed by atoms with Crippen LogP contribution in [0, 0.1) is 0 Å². The SMILES string of the molecule is O=C(CCSc1ccccc1)Nc1nnc(COc2ccc(Cl)cc2)s1. The van der Waals surface area contributed by atoms with Gasteiger partial charge in [-0.15, -0.1) is 22.0 Å². The van der Waals surface area contributed by atoms with E-state index in [9.17, 15) is 4.79 Å². The Balaban J connectivity index is 1.41. The number of hydrogen-bond acceptors (Lipinski definition) is 6. The smallest absolute Gasteiger partial charge is 0.227 e. The van der Waals surface area contributed by atoms with E-state index in [1.54, 1.807) is 36.0 Å². The third kappa shape index (κ3) is 6.01. The van der Waals surface area contributed by atoms with E-state index in [2.05, 4.69) is 15.5 Å². The second-order valence-corrected chi connectivity index (χ2v) is 7.87. The molecule has 0 atom stereocenters. The molecule has 0 aliphatic heterocycles. The van der Waals surface area contributed by atoms with Gasteiger partial charge in [0.2, 0.25) is 11.0 Å². The molecule has 2 aromatic carbocycles. The highest BCUT2D eigenvalue weighted by Crippen LogP contribution is 2.21. The van der Waals surface area contributed by atoms with Crippen LogP contribution in [0.25, 0.3) is 0 Å². The monoisotopic (exact) mass is 405 g/mol. The molecule has 26 heavy (non-hydrogen) atoms. The maximum Gasteiger partial charge on any atom is 0.227 e. The highest BCUT2D eigenvalue weighted by Gasteiger charge is 2.09. The van der Waals surface area contributed by atoms with E-state index in [1.165, 1.54) is 11.3 Å². The van der Waals surface area contributed by atoms with Gasteiger partial charge in [0.25, 0.3) is 0 Å². The van der Waals surface area contributed by atoms with Crippen LogP contribution in [-0.2, 0) is 11.4 Å². The lowest BCUT2D eigenvalue weighted by atomic mass is 10.3. The fourth-order valence-corrected chi connectivity index (χ4v) is 3.67. The zero-order valence-corrected chi connectivity index (χ0v) is 16.1. The Hall–Kier alpha value is -2.09. The Kier molecular flexibility index (Phi) is 6.88. The molecule has 5 nitrogen and oxygen atoms in total. The van der Waals surface area contributed by atoms with Crippen LogP contribution in [0.4, 0.5) is 5.13 Å². The molecule has 0 spiro atoms. The van der Waals surface area contributed by atoms with E-state index >= 15 is 0 Å². The van der Waals surface area contributed by atoms with Crippen molar-refractivity contribution in [2.75, 3.05) is 11.1 Å². The zero-order chi connectivity index (χ0) is 18.2. The van der Waals surface area contributed by atoms with Crippen LogP contribution < -0.4 is 10.1 Å². The lowest BCUT2D eigenvalue weighted by molar-refractivity contribution is -0.115. The summed E-state index contributed by atoms with van der Waals surface area (Å²) in [7, 11) is 0. The highest BCUT2D eigenvalue weighted by molar-refractivity contribution is 7.99. The number of ether oxygens (including phenoxy) is 1. The van der Waals surface area contributed by atoms with Gasteiger partial charge in [0, 0.05) is 22.1 Å². The third-order valence-corrected chi connectivity index (χ3v) is 5.31. The molecular formula is C18H16ClN3O2S2. The van der Waals surface area contributed by atoms with E-state index in [1.807, 2.05) is 30.3 Å². The maximum absolute atomic E-state index is 12.0. The highest BCUT2D eigenvalue weighted by atomic mass is 35.5. The Morgan fingerprint density at radius 3 is 2.65 bits per heavy atom. The van der Waals surface area contributed by atoms with Gasteiger partial charge in [-0.2, -0.15) is 0 Å². The molecule has 0 radical (unpaired) electrons. The first-order valence-corrected chi connectivity index (χ1v) is 10.1. The number of halogens is 1. The van der Waals surface area contributed by atoms with Crippen LogP contribution in [0.2, 0.25) is 5.02 Å². The maximum atomic E-state index is 12.0. The van der Waals surface area contributed by atoms with Crippen LogP contribution in [0.15, 0.2) is 59.5 Å². The summed E-state index contributed by atoms with van der Waals surface area (Å²) in [4.78, 5) is 13.1. The van der Waals surface area contributed by atoms with Gasteiger partial charge in [-0.1, -0.05) is 41.1 Å². The predicted molar refractivity (Wildman–Crippen MR) is 106 cm³/mol. The van der Waals surface area contributed by atoms with Crippen molar-refractivity contribution in [2.24, 2.45) is 0 Å². The number of nitrogens with one attached hydrogen (secondary N) is 1. The molecule has 3 aromatic rings. The summed E-state index contributed by atoms with van der Waals surface area (Å²) < 4.78 is 5.61. The number of thioether (sulfide) groups is 1. The summed E-state index contributed by atoms with van der Waals surface area (Å²) in [5, 5.41) is 12.6. The van der Waals surface area contributed by atoms with Crippen LogP contribution in [-0.4, -0.2) is 21.9 Å². The summed E-state index contributed by atoms with van der Waals surface area (Å²) in [6.45, 7) is 0.291. The minimum Gasteiger partial charge on any atom is -0.486 e. The van der Waals surface area contributed by atoms with Gasteiger partial charge in [-0.25, -0.2) is 0 Å². The van der Waals surface area contributed by atoms with Gasteiger partial charge in [-0.05, 0) is 36.4 Å². The summed E-state index contributed by atoms with van der Waals surface area (Å²) in [6, 6.07) is 17.1. The largest absolute Gasteiger partial charge is 0.486 e. The van der Waals surface area contributed by atoms with Crippen LogP contribution in [0.1, 0.15) is 11.4 Å². The molecule has 0 saturated carbocycles. The van der Waals surface area contributed by atoms with Crippen LogP contribution in [0.3, 0.4) is 0 Å². The van der Waals surface area contributed by atoms with Crippen LogP contribution >= 0.6 is 34.7 Å². The molecule has 1 N–H and O–H groups in total. The minimum atomic E-state index is -0.0743. The van der Waals surface area contributed by atoms with Crippen molar-refractivity contribution in [3.8, 4) is 5.75 Å². The van der Waals surface area contributed by atoms with E-state index in [-0.39, 0.29) is 5.91 Å². The molecule has 0 aliphatic rings. The summed E-state index contributed by atoms with van der Waals surface area (Å²) in [5.74, 6) is 1.34. The van der Waals surface area contributed by atoms with Crippen LogP contribution in [0.5, 0.6) is 5.75 Å². The quantitative estimate of drug-likeness (QED) is 0.540. The number of benzene rings is 2. The Bertz CT molecular complexity index is 841. The first kappa shape index (κ1) is 18.7. The Morgan fingerprint density at radius 2 is 1.88 bits per heavy atom. The van der Waals surface area contributed by atoms with Crippen molar-refractivity contribution in [3.63, 3.8) is 0 Å². The lowest BCUT2D eigenvalue weighted by Crippen LogP contribution is -2.11. The minimum absolute atomic E-state index is 0.0743. The van der Waals surface area contributed by atoms with Gasteiger partial charge < -0.3 is 10.1 Å². The average molecular weight is 406 g/mol. The molecule has 0 unspecified atom stereocenters. The average Bonchev–Trinajstić information content (AvgIpc) is 3.09. The van der Waals surface area contributed by atoms with Crippen molar-refractivity contribution in [1.29, 1.82) is 0 Å². The molecular weight excluding hydrogens is 390 g/mol. The van der Waals surface area contributed by atoms with E-state index in [0.29, 0.717) is 39.7 Å². The van der Waals surface area contributed by atoms with Crippen molar-refractivity contribution >= 4 is 45.7 Å². The van der Waals surface area contributed by atoms with Crippen molar-refractivity contribution in [1.82, 2.24) is 10.2 Å². The molecule has 8 heteroatoms. The van der Waals surface area contributed by atoms with E-state index < -0.39 is 0 Å². The number of carbonyl (C=O) groups is 1. The topological polar surface area (TPSA) is 64.1 Å². The summed E-state index contributed by atoms with van der Waals surface area (Å²) >= 11 is 8.78. The lowest BCUT2D eigenvalue weighted by Gasteiger charge is -2.03. The Labute approximate surface area is 164 Å². The molecule has 1 amide bonds. The van der Waals surface area contributed by atoms with Gasteiger partial charge in [0.15, 0.2) is 5.01 Å². The van der Waals surface area contributed by atoms with Crippen molar-refractivity contribution in [2.45, 2.75) is 17.9 Å². The van der Waals surface area contributed by atoms with Crippen molar-refractivity contribution in [3.05, 3.63) is 64.6 Å². The molecule has 0 bridgehead atoms. The predicted octanol–water partition coefficient (Wildman–Crippen LogP) is 4.89. The van der Waals surface area contributed by atoms with Crippen molar-refractivity contribution < 1.29 is 9.53 Å². The number of aromatic nitrogens is 2. The number of carbonyl (C=O) groups excluding carboxylic acids is 1. The fraction of sp³-hybridized carbons (Fsp3) is 0.167.